The molecule has 1 atom stereocenters. The molecule has 0 aromatic heterocycles. The van der Waals surface area contributed by atoms with Crippen LogP contribution >= 0.6 is 0 Å². The third-order valence-electron chi connectivity index (χ3n) is 4.29. The van der Waals surface area contributed by atoms with Gasteiger partial charge in [-0.05, 0) is 63.3 Å². The van der Waals surface area contributed by atoms with Crippen LogP contribution in [0.5, 0.6) is 5.75 Å². The molecular formula is C21H27NO2. The highest BCUT2D eigenvalue weighted by molar-refractivity contribution is 5.80. The van der Waals surface area contributed by atoms with Gasteiger partial charge in [0.2, 0.25) is 0 Å². The Labute approximate surface area is 145 Å². The smallest absolute Gasteiger partial charge is 0.260 e. The first-order valence-corrected chi connectivity index (χ1v) is 8.53. The summed E-state index contributed by atoms with van der Waals surface area (Å²) in [6, 6.07) is 14.4. The van der Waals surface area contributed by atoms with E-state index in [1.165, 1.54) is 16.7 Å². The molecule has 2 aromatic rings. The molecule has 0 aliphatic carbocycles. The fourth-order valence-electron chi connectivity index (χ4n) is 2.50. The standard InChI is InChI=1S/C21H27NO2/c1-15-10-12-19(13-11-15)8-6-14-22-21(23)18(4)24-20-9-5-7-16(2)17(20)3/h5,7,9-13,18H,6,8,14H2,1-4H3,(H,22,23). The zero-order valence-electron chi connectivity index (χ0n) is 15.1. The van der Waals surface area contributed by atoms with Gasteiger partial charge in [0.05, 0.1) is 0 Å². The molecule has 1 N–H and O–H groups in total. The van der Waals surface area contributed by atoms with Crippen LogP contribution in [0.15, 0.2) is 42.5 Å². The van der Waals surface area contributed by atoms with Crippen molar-refractivity contribution < 1.29 is 9.53 Å². The minimum absolute atomic E-state index is 0.0696. The molecular weight excluding hydrogens is 298 g/mol. The van der Waals surface area contributed by atoms with Gasteiger partial charge < -0.3 is 10.1 Å². The molecule has 0 aliphatic rings. The molecule has 2 rings (SSSR count). The lowest BCUT2D eigenvalue weighted by Gasteiger charge is -2.17. The third kappa shape index (κ3) is 5.12. The number of carbonyl (C=O) groups excluding carboxylic acids is 1. The van der Waals surface area contributed by atoms with E-state index < -0.39 is 6.10 Å². The van der Waals surface area contributed by atoms with Crippen molar-refractivity contribution in [2.45, 2.75) is 46.6 Å². The van der Waals surface area contributed by atoms with Gasteiger partial charge in [-0.15, -0.1) is 0 Å². The van der Waals surface area contributed by atoms with E-state index in [0.29, 0.717) is 6.54 Å². The Hall–Kier alpha value is -2.29. The molecule has 0 saturated carbocycles. The van der Waals surface area contributed by atoms with Gasteiger partial charge in [0.15, 0.2) is 6.10 Å². The summed E-state index contributed by atoms with van der Waals surface area (Å²) < 4.78 is 5.80. The average Bonchev–Trinajstić information content (AvgIpc) is 2.57. The minimum Gasteiger partial charge on any atom is -0.481 e. The molecule has 1 amide bonds. The second kappa shape index (κ2) is 8.53. The van der Waals surface area contributed by atoms with Crippen molar-refractivity contribution in [3.63, 3.8) is 0 Å². The second-order valence-electron chi connectivity index (χ2n) is 6.34. The number of ether oxygens (including phenoxy) is 1. The van der Waals surface area contributed by atoms with Crippen molar-refractivity contribution in [3.8, 4) is 5.75 Å². The van der Waals surface area contributed by atoms with Crippen LogP contribution in [0.4, 0.5) is 0 Å². The lowest BCUT2D eigenvalue weighted by atomic mass is 10.1. The van der Waals surface area contributed by atoms with Gasteiger partial charge in [-0.1, -0.05) is 42.0 Å². The molecule has 128 valence electrons. The van der Waals surface area contributed by atoms with Crippen molar-refractivity contribution in [1.82, 2.24) is 5.32 Å². The summed E-state index contributed by atoms with van der Waals surface area (Å²) >= 11 is 0. The predicted octanol–water partition coefficient (Wildman–Crippen LogP) is 4.13. The molecule has 2 aromatic carbocycles. The molecule has 0 saturated heterocycles. The van der Waals surface area contributed by atoms with E-state index in [4.69, 9.17) is 4.74 Å². The van der Waals surface area contributed by atoms with Crippen LogP contribution < -0.4 is 10.1 Å². The summed E-state index contributed by atoms with van der Waals surface area (Å²) in [5.41, 5.74) is 4.81. The van der Waals surface area contributed by atoms with E-state index in [1.807, 2.05) is 32.0 Å². The number of hydrogen-bond donors (Lipinski definition) is 1. The molecule has 0 bridgehead atoms. The Morgan fingerprint density at radius 1 is 1.08 bits per heavy atom. The van der Waals surface area contributed by atoms with Gasteiger partial charge in [-0.3, -0.25) is 4.79 Å². The number of aryl methyl sites for hydroxylation is 3. The quantitative estimate of drug-likeness (QED) is 0.777. The average molecular weight is 325 g/mol. The minimum atomic E-state index is -0.495. The number of benzene rings is 2. The molecule has 24 heavy (non-hydrogen) atoms. The van der Waals surface area contributed by atoms with E-state index in [-0.39, 0.29) is 5.91 Å². The lowest BCUT2D eigenvalue weighted by Crippen LogP contribution is -2.37. The Kier molecular flexibility index (Phi) is 6.42. The Morgan fingerprint density at radius 2 is 1.79 bits per heavy atom. The summed E-state index contributed by atoms with van der Waals surface area (Å²) in [7, 11) is 0. The monoisotopic (exact) mass is 325 g/mol. The third-order valence-corrected chi connectivity index (χ3v) is 4.29. The van der Waals surface area contributed by atoms with Crippen LogP contribution in [0.1, 0.15) is 35.6 Å². The van der Waals surface area contributed by atoms with Gasteiger partial charge >= 0.3 is 0 Å². The van der Waals surface area contributed by atoms with Gasteiger partial charge in [-0.25, -0.2) is 0 Å². The first-order valence-electron chi connectivity index (χ1n) is 8.53. The maximum Gasteiger partial charge on any atom is 0.260 e. The molecule has 3 nitrogen and oxygen atoms in total. The number of nitrogens with one attached hydrogen (secondary N) is 1. The normalized spacial score (nSPS) is 11.8. The van der Waals surface area contributed by atoms with Crippen molar-refractivity contribution in [2.24, 2.45) is 0 Å². The fraction of sp³-hybridized carbons (Fsp3) is 0.381. The molecule has 0 heterocycles. The molecule has 0 spiro atoms. The van der Waals surface area contributed by atoms with Crippen molar-refractivity contribution >= 4 is 5.91 Å². The van der Waals surface area contributed by atoms with Gasteiger partial charge in [-0.2, -0.15) is 0 Å². The van der Waals surface area contributed by atoms with Crippen LogP contribution in [-0.4, -0.2) is 18.6 Å². The van der Waals surface area contributed by atoms with E-state index in [1.54, 1.807) is 6.92 Å². The van der Waals surface area contributed by atoms with Gasteiger partial charge in [0.25, 0.3) is 5.91 Å². The fourth-order valence-corrected chi connectivity index (χ4v) is 2.50. The largest absolute Gasteiger partial charge is 0.481 e. The van der Waals surface area contributed by atoms with Crippen LogP contribution in [0, 0.1) is 20.8 Å². The first-order chi connectivity index (χ1) is 11.5. The molecule has 0 radical (unpaired) electrons. The van der Waals surface area contributed by atoms with E-state index in [2.05, 4.69) is 36.5 Å². The van der Waals surface area contributed by atoms with E-state index >= 15 is 0 Å². The van der Waals surface area contributed by atoms with Crippen molar-refractivity contribution in [1.29, 1.82) is 0 Å². The van der Waals surface area contributed by atoms with Crippen molar-refractivity contribution in [3.05, 3.63) is 64.7 Å². The second-order valence-corrected chi connectivity index (χ2v) is 6.34. The van der Waals surface area contributed by atoms with E-state index in [9.17, 15) is 4.79 Å². The zero-order chi connectivity index (χ0) is 17.5. The van der Waals surface area contributed by atoms with Crippen molar-refractivity contribution in [2.75, 3.05) is 6.54 Å². The highest BCUT2D eigenvalue weighted by Gasteiger charge is 2.15. The van der Waals surface area contributed by atoms with Crippen LogP contribution in [0.25, 0.3) is 0 Å². The molecule has 0 aliphatic heterocycles. The van der Waals surface area contributed by atoms with Gasteiger partial charge in [0.1, 0.15) is 5.75 Å². The highest BCUT2D eigenvalue weighted by Crippen LogP contribution is 2.21. The maximum atomic E-state index is 12.2. The topological polar surface area (TPSA) is 38.3 Å². The molecule has 3 heteroatoms. The number of amides is 1. The predicted molar refractivity (Wildman–Crippen MR) is 98.5 cm³/mol. The summed E-state index contributed by atoms with van der Waals surface area (Å²) in [5, 5.41) is 2.95. The van der Waals surface area contributed by atoms with Crippen LogP contribution in [0.2, 0.25) is 0 Å². The van der Waals surface area contributed by atoms with Gasteiger partial charge in [0, 0.05) is 6.54 Å². The number of carbonyl (C=O) groups is 1. The molecule has 1 unspecified atom stereocenters. The maximum absolute atomic E-state index is 12.2. The Bertz CT molecular complexity index is 677. The SMILES string of the molecule is Cc1ccc(CCCNC(=O)C(C)Oc2cccc(C)c2C)cc1. The lowest BCUT2D eigenvalue weighted by molar-refractivity contribution is -0.127. The Morgan fingerprint density at radius 3 is 2.50 bits per heavy atom. The zero-order valence-corrected chi connectivity index (χ0v) is 15.1. The van der Waals surface area contributed by atoms with E-state index in [0.717, 1.165) is 24.2 Å². The van der Waals surface area contributed by atoms with Crippen LogP contribution in [0.3, 0.4) is 0 Å². The summed E-state index contributed by atoms with van der Waals surface area (Å²) in [4.78, 5) is 12.2. The highest BCUT2D eigenvalue weighted by atomic mass is 16.5. The molecule has 0 fully saturated rings. The number of rotatable bonds is 7. The number of hydrogen-bond acceptors (Lipinski definition) is 2. The van der Waals surface area contributed by atoms with Crippen LogP contribution in [-0.2, 0) is 11.2 Å². The first kappa shape index (κ1) is 18.1. The summed E-state index contributed by atoms with van der Waals surface area (Å²) in [6.45, 7) is 8.58. The summed E-state index contributed by atoms with van der Waals surface area (Å²) in [5.74, 6) is 0.706. The summed E-state index contributed by atoms with van der Waals surface area (Å²) in [6.07, 6.45) is 1.39. The Balaban J connectivity index is 1.75.